The Hall–Kier alpha value is -4.18. The largest absolute Gasteiger partial charge is 0.351 e. The van der Waals surface area contributed by atoms with E-state index in [9.17, 15) is 27.6 Å². The van der Waals surface area contributed by atoms with E-state index in [4.69, 9.17) is 5.73 Å². The van der Waals surface area contributed by atoms with E-state index >= 15 is 0 Å². The third-order valence-electron chi connectivity index (χ3n) is 5.55. The Bertz CT molecular complexity index is 1300. The highest BCUT2D eigenvalue weighted by Crippen LogP contribution is 2.39. The van der Waals surface area contributed by atoms with Crippen molar-refractivity contribution in [1.29, 1.82) is 0 Å². The second-order valence-electron chi connectivity index (χ2n) is 7.90. The number of rotatable bonds is 5. The highest BCUT2D eigenvalue weighted by Gasteiger charge is 2.35. The topological polar surface area (TPSA) is 105 Å². The summed E-state index contributed by atoms with van der Waals surface area (Å²) >= 11 is 0. The van der Waals surface area contributed by atoms with Crippen molar-refractivity contribution in [1.82, 2.24) is 5.32 Å². The summed E-state index contributed by atoms with van der Waals surface area (Å²) in [6.07, 6.45) is -0.204. The number of amides is 3. The van der Waals surface area contributed by atoms with E-state index in [0.717, 1.165) is 18.2 Å². The van der Waals surface area contributed by atoms with Crippen molar-refractivity contribution in [2.45, 2.75) is 12.5 Å². The minimum absolute atomic E-state index is 0.152. The molecule has 0 fully saturated rings. The predicted molar refractivity (Wildman–Crippen MR) is 123 cm³/mol. The number of nitrogens with two attached hydrogens (primary N) is 1. The maximum absolute atomic E-state index is 13.9. The van der Waals surface area contributed by atoms with E-state index in [-0.39, 0.29) is 42.0 Å². The molecule has 0 bridgehead atoms. The predicted octanol–water partition coefficient (Wildman–Crippen LogP) is 3.52. The SMILES string of the molecule is NCCNC(=O)c1ccc2c(c1)NC(=O)CC(c1ccc(F)cc1)N2C(=O)c1ccc(F)c(F)c1. The fourth-order valence-corrected chi connectivity index (χ4v) is 3.88. The second kappa shape index (κ2) is 9.98. The smallest absolute Gasteiger partial charge is 0.259 e. The summed E-state index contributed by atoms with van der Waals surface area (Å²) in [5.74, 6) is -4.41. The molecule has 1 atom stereocenters. The molecule has 3 aromatic carbocycles. The van der Waals surface area contributed by atoms with E-state index in [2.05, 4.69) is 10.6 Å². The molecule has 1 heterocycles. The van der Waals surface area contributed by atoms with Gasteiger partial charge in [0.2, 0.25) is 5.91 Å². The zero-order valence-corrected chi connectivity index (χ0v) is 18.4. The van der Waals surface area contributed by atoms with Gasteiger partial charge >= 0.3 is 0 Å². The fraction of sp³-hybridized carbons (Fsp3) is 0.160. The quantitative estimate of drug-likeness (QED) is 0.518. The molecule has 1 aliphatic heterocycles. The first-order valence-electron chi connectivity index (χ1n) is 10.7. The maximum atomic E-state index is 13.9. The number of benzene rings is 3. The van der Waals surface area contributed by atoms with Crippen molar-refractivity contribution in [2.75, 3.05) is 23.3 Å². The molecule has 1 aliphatic rings. The molecule has 3 aromatic rings. The van der Waals surface area contributed by atoms with Crippen LogP contribution in [0.15, 0.2) is 60.7 Å². The van der Waals surface area contributed by atoms with Gasteiger partial charge in [-0.3, -0.25) is 19.3 Å². The van der Waals surface area contributed by atoms with Gasteiger partial charge < -0.3 is 16.4 Å². The van der Waals surface area contributed by atoms with Crippen LogP contribution >= 0.6 is 0 Å². The zero-order chi connectivity index (χ0) is 25.1. The third kappa shape index (κ3) is 5.02. The lowest BCUT2D eigenvalue weighted by Gasteiger charge is -2.31. The van der Waals surface area contributed by atoms with E-state index in [0.29, 0.717) is 5.56 Å². The monoisotopic (exact) mass is 482 g/mol. The average Bonchev–Trinajstić information content (AvgIpc) is 2.99. The molecule has 0 radical (unpaired) electrons. The third-order valence-corrected chi connectivity index (χ3v) is 5.55. The van der Waals surface area contributed by atoms with E-state index in [1.54, 1.807) is 0 Å². The van der Waals surface area contributed by atoms with Crippen molar-refractivity contribution in [3.63, 3.8) is 0 Å². The minimum atomic E-state index is -1.20. The summed E-state index contributed by atoms with van der Waals surface area (Å²) < 4.78 is 41.0. The van der Waals surface area contributed by atoms with Crippen molar-refractivity contribution in [3.8, 4) is 0 Å². The molecule has 4 N–H and O–H groups in total. The van der Waals surface area contributed by atoms with Crippen LogP contribution in [0.4, 0.5) is 24.5 Å². The molecule has 1 unspecified atom stereocenters. The number of nitrogens with one attached hydrogen (secondary N) is 2. The summed E-state index contributed by atoms with van der Waals surface area (Å²) in [6, 6.07) is 11.5. The second-order valence-corrected chi connectivity index (χ2v) is 7.90. The lowest BCUT2D eigenvalue weighted by molar-refractivity contribution is -0.116. The van der Waals surface area contributed by atoms with Gasteiger partial charge in [-0.25, -0.2) is 13.2 Å². The maximum Gasteiger partial charge on any atom is 0.259 e. The van der Waals surface area contributed by atoms with Crippen LogP contribution in [0, 0.1) is 17.5 Å². The molecule has 0 spiro atoms. The lowest BCUT2D eigenvalue weighted by atomic mass is 9.99. The molecule has 4 rings (SSSR count). The summed E-state index contributed by atoms with van der Waals surface area (Å²) in [4.78, 5) is 40.1. The van der Waals surface area contributed by atoms with E-state index in [1.165, 1.54) is 47.4 Å². The number of hydrogen-bond donors (Lipinski definition) is 3. The molecule has 3 amide bonds. The first-order valence-corrected chi connectivity index (χ1v) is 10.7. The summed E-state index contributed by atoms with van der Waals surface area (Å²) in [6.45, 7) is 0.485. The molecule has 0 saturated carbocycles. The van der Waals surface area contributed by atoms with Crippen molar-refractivity contribution >= 4 is 29.1 Å². The van der Waals surface area contributed by atoms with Crippen LogP contribution in [-0.2, 0) is 4.79 Å². The Balaban J connectivity index is 1.85. The Labute approximate surface area is 198 Å². The Kier molecular flexibility index (Phi) is 6.83. The van der Waals surface area contributed by atoms with Crippen molar-refractivity contribution < 1.29 is 27.6 Å². The number of fused-ring (bicyclic) bond motifs is 1. The average molecular weight is 482 g/mol. The molecule has 10 heteroatoms. The molecule has 35 heavy (non-hydrogen) atoms. The first kappa shape index (κ1) is 24.0. The number of carbonyl (C=O) groups is 3. The molecule has 0 aliphatic carbocycles. The van der Waals surface area contributed by atoms with Crippen LogP contribution in [0.2, 0.25) is 0 Å². The highest BCUT2D eigenvalue weighted by atomic mass is 19.2. The number of anilines is 2. The molecular formula is C25H21F3N4O3. The number of halogens is 3. The molecular weight excluding hydrogens is 461 g/mol. The van der Waals surface area contributed by atoms with Gasteiger partial charge in [-0.05, 0) is 54.1 Å². The minimum Gasteiger partial charge on any atom is -0.351 e. The normalized spacial score (nSPS) is 15.1. The lowest BCUT2D eigenvalue weighted by Crippen LogP contribution is -2.35. The van der Waals surface area contributed by atoms with Gasteiger partial charge in [0.05, 0.1) is 23.8 Å². The van der Waals surface area contributed by atoms with Crippen LogP contribution in [0.1, 0.15) is 38.7 Å². The van der Waals surface area contributed by atoms with Crippen molar-refractivity contribution in [3.05, 3.63) is 94.8 Å². The molecule has 0 saturated heterocycles. The van der Waals surface area contributed by atoms with Gasteiger partial charge in [0, 0.05) is 24.2 Å². The highest BCUT2D eigenvalue weighted by molar-refractivity contribution is 6.12. The molecule has 7 nitrogen and oxygen atoms in total. The summed E-state index contributed by atoms with van der Waals surface area (Å²) in [7, 11) is 0. The Morgan fingerprint density at radius 3 is 2.37 bits per heavy atom. The van der Waals surface area contributed by atoms with Gasteiger partial charge in [0.25, 0.3) is 11.8 Å². The number of hydrogen-bond acceptors (Lipinski definition) is 4. The van der Waals surface area contributed by atoms with Gasteiger partial charge in [0.1, 0.15) is 5.82 Å². The van der Waals surface area contributed by atoms with Crippen LogP contribution < -0.4 is 21.3 Å². The fourth-order valence-electron chi connectivity index (χ4n) is 3.88. The zero-order valence-electron chi connectivity index (χ0n) is 18.4. The first-order chi connectivity index (χ1) is 16.8. The standard InChI is InChI=1S/C25H21F3N4O3/c26-17-5-1-14(2-6-17)22-13-23(33)31-20-12-15(24(34)30-10-9-29)4-8-21(20)32(22)25(35)16-3-7-18(27)19(28)11-16/h1-8,11-12,22H,9-10,13,29H2,(H,30,34)(H,31,33). The Morgan fingerprint density at radius 2 is 1.69 bits per heavy atom. The van der Waals surface area contributed by atoms with Crippen molar-refractivity contribution in [2.24, 2.45) is 5.73 Å². The van der Waals surface area contributed by atoms with Crippen LogP contribution in [-0.4, -0.2) is 30.8 Å². The van der Waals surface area contributed by atoms with Crippen LogP contribution in [0.5, 0.6) is 0 Å². The number of nitrogens with zero attached hydrogens (tertiary/aromatic N) is 1. The van der Waals surface area contributed by atoms with Gasteiger partial charge in [0.15, 0.2) is 11.6 Å². The summed E-state index contributed by atoms with van der Waals surface area (Å²) in [5, 5.41) is 5.32. The van der Waals surface area contributed by atoms with Crippen LogP contribution in [0.3, 0.4) is 0 Å². The van der Waals surface area contributed by atoms with Gasteiger partial charge in [-0.15, -0.1) is 0 Å². The number of carbonyl (C=O) groups excluding carboxylic acids is 3. The van der Waals surface area contributed by atoms with E-state index in [1.807, 2.05) is 0 Å². The van der Waals surface area contributed by atoms with Gasteiger partial charge in [-0.2, -0.15) is 0 Å². The molecule has 180 valence electrons. The molecule has 0 aromatic heterocycles. The summed E-state index contributed by atoms with van der Waals surface area (Å²) in [5.41, 5.74) is 6.35. The van der Waals surface area contributed by atoms with E-state index < -0.39 is 41.2 Å². The van der Waals surface area contributed by atoms with Gasteiger partial charge in [-0.1, -0.05) is 12.1 Å². The Morgan fingerprint density at radius 1 is 0.971 bits per heavy atom. The van der Waals surface area contributed by atoms with Crippen LogP contribution in [0.25, 0.3) is 0 Å².